The first-order valence-electron chi connectivity index (χ1n) is 9.16. The molecule has 1 aromatic rings. The minimum atomic E-state index is -5.08. The molecule has 2 heterocycles. The normalized spacial score (nSPS) is 19.4. The minimum Gasteiger partial charge on any atom is -0.475 e. The number of hydrogen-bond donors (Lipinski definition) is 1. The number of halogens is 3. The number of aliphatic carboxylic acids is 1. The summed E-state index contributed by atoms with van der Waals surface area (Å²) < 4.78 is 38.6. The molecule has 0 bridgehead atoms. The van der Waals surface area contributed by atoms with Crippen LogP contribution < -0.4 is 0 Å². The van der Waals surface area contributed by atoms with Crippen LogP contribution in [-0.4, -0.2) is 88.2 Å². The molecule has 166 valence electrons. The molecule has 0 radical (unpaired) electrons. The first kappa shape index (κ1) is 24.9. The van der Waals surface area contributed by atoms with Crippen LogP contribution in [0.15, 0.2) is 12.4 Å². The Hall–Kier alpha value is -2.14. The van der Waals surface area contributed by atoms with Gasteiger partial charge in [0, 0.05) is 39.0 Å². The zero-order valence-corrected chi connectivity index (χ0v) is 17.3. The number of carboxylic acids is 1. The van der Waals surface area contributed by atoms with Crippen LogP contribution in [0.5, 0.6) is 0 Å². The molecular weight excluding hydrogens is 393 g/mol. The van der Waals surface area contributed by atoms with Crippen molar-refractivity contribution in [2.45, 2.75) is 51.0 Å². The highest BCUT2D eigenvalue weighted by molar-refractivity contribution is 5.78. The fourth-order valence-corrected chi connectivity index (χ4v) is 3.28. The smallest absolute Gasteiger partial charge is 0.475 e. The number of likely N-dealkylation sites (tertiary alicyclic amines) is 1. The number of hydrogen-bond acceptors (Lipinski definition) is 5. The van der Waals surface area contributed by atoms with E-state index >= 15 is 0 Å². The van der Waals surface area contributed by atoms with Gasteiger partial charge in [0.25, 0.3) is 0 Å². The monoisotopic (exact) mass is 422 g/mol. The van der Waals surface area contributed by atoms with E-state index in [0.717, 1.165) is 19.4 Å². The van der Waals surface area contributed by atoms with Crippen LogP contribution in [0.25, 0.3) is 0 Å². The molecule has 0 aliphatic carbocycles. The van der Waals surface area contributed by atoms with Crippen molar-refractivity contribution in [1.29, 1.82) is 0 Å². The molecule has 1 amide bonds. The van der Waals surface area contributed by atoms with Gasteiger partial charge < -0.3 is 14.7 Å². The Kier molecular flexibility index (Phi) is 9.09. The van der Waals surface area contributed by atoms with Gasteiger partial charge in [-0.05, 0) is 39.3 Å². The average molecular weight is 422 g/mol. The van der Waals surface area contributed by atoms with Crippen LogP contribution >= 0.6 is 0 Å². The van der Waals surface area contributed by atoms with Gasteiger partial charge in [0.05, 0.1) is 12.2 Å². The van der Waals surface area contributed by atoms with E-state index < -0.39 is 12.1 Å². The van der Waals surface area contributed by atoms with Gasteiger partial charge in [-0.3, -0.25) is 14.4 Å². The van der Waals surface area contributed by atoms with E-state index in [1.165, 1.54) is 5.56 Å². The minimum absolute atomic E-state index is 0.0797. The van der Waals surface area contributed by atoms with Crippen LogP contribution in [0.1, 0.15) is 25.8 Å². The van der Waals surface area contributed by atoms with Crippen molar-refractivity contribution in [1.82, 2.24) is 19.6 Å². The van der Waals surface area contributed by atoms with Crippen molar-refractivity contribution in [3.05, 3.63) is 18.0 Å². The quantitative estimate of drug-likeness (QED) is 0.749. The predicted octanol–water partition coefficient (Wildman–Crippen LogP) is 1.55. The number of aryl methyl sites for hydroxylation is 1. The summed E-state index contributed by atoms with van der Waals surface area (Å²) in [7, 11) is 5.64. The molecule has 1 aliphatic heterocycles. The Bertz CT molecular complexity index is 678. The molecular formula is C18H29F3N4O4. The van der Waals surface area contributed by atoms with Crippen molar-refractivity contribution in [2.24, 2.45) is 7.05 Å². The van der Waals surface area contributed by atoms with Gasteiger partial charge in [-0.15, -0.1) is 0 Å². The number of alkyl halides is 3. The van der Waals surface area contributed by atoms with Gasteiger partial charge in [0.1, 0.15) is 6.61 Å². The zero-order valence-electron chi connectivity index (χ0n) is 17.3. The topological polar surface area (TPSA) is 87.9 Å². The molecule has 1 fully saturated rings. The number of rotatable bonds is 6. The molecule has 0 unspecified atom stereocenters. The Morgan fingerprint density at radius 2 is 2.00 bits per heavy atom. The van der Waals surface area contributed by atoms with Crippen LogP contribution in [-0.2, 0) is 27.8 Å². The summed E-state index contributed by atoms with van der Waals surface area (Å²) in [4.78, 5) is 25.6. The van der Waals surface area contributed by atoms with Gasteiger partial charge in [-0.1, -0.05) is 0 Å². The van der Waals surface area contributed by atoms with Crippen LogP contribution in [0, 0.1) is 0 Å². The lowest BCUT2D eigenvalue weighted by molar-refractivity contribution is -0.192. The maximum atomic E-state index is 12.4. The maximum Gasteiger partial charge on any atom is 0.490 e. The third-order valence-corrected chi connectivity index (χ3v) is 4.88. The summed E-state index contributed by atoms with van der Waals surface area (Å²) >= 11 is 0. The number of likely N-dealkylation sites (N-methyl/N-ethyl adjacent to an activating group) is 1. The number of carboxylic acid groups (broad SMARTS) is 1. The molecule has 0 saturated carbocycles. The third kappa shape index (κ3) is 7.32. The highest BCUT2D eigenvalue weighted by Crippen LogP contribution is 2.26. The number of carbonyl (C=O) groups is 2. The Balaban J connectivity index is 0.000000516. The molecule has 11 heteroatoms. The molecule has 0 spiro atoms. The van der Waals surface area contributed by atoms with Crippen molar-refractivity contribution in [3.8, 4) is 0 Å². The largest absolute Gasteiger partial charge is 0.490 e. The van der Waals surface area contributed by atoms with Gasteiger partial charge in [-0.25, -0.2) is 4.79 Å². The lowest BCUT2D eigenvalue weighted by atomic mass is 10.00. The lowest BCUT2D eigenvalue weighted by Crippen LogP contribution is -2.49. The van der Waals surface area contributed by atoms with Gasteiger partial charge >= 0.3 is 12.1 Å². The number of ether oxygens (including phenoxy) is 1. The molecule has 1 aliphatic rings. The van der Waals surface area contributed by atoms with E-state index in [-0.39, 0.29) is 18.6 Å². The highest BCUT2D eigenvalue weighted by Gasteiger charge is 2.40. The van der Waals surface area contributed by atoms with Crippen LogP contribution in [0.3, 0.4) is 0 Å². The summed E-state index contributed by atoms with van der Waals surface area (Å²) in [5, 5.41) is 11.4. The SMILES string of the molecule is COCC(=O)N1CC[C@@H](N(C)C(C)C)[C@@H]1Cc1cnn(C)c1.O=C(O)C(F)(F)F. The Labute approximate surface area is 168 Å². The second-order valence-corrected chi connectivity index (χ2v) is 7.23. The van der Waals surface area contributed by atoms with E-state index in [0.29, 0.717) is 12.1 Å². The summed E-state index contributed by atoms with van der Waals surface area (Å²) in [5.74, 6) is -2.68. The highest BCUT2D eigenvalue weighted by atomic mass is 19.4. The molecule has 2 rings (SSSR count). The summed E-state index contributed by atoms with van der Waals surface area (Å²) in [6.07, 6.45) is 0.688. The average Bonchev–Trinajstić information content (AvgIpc) is 3.20. The first-order chi connectivity index (χ1) is 13.4. The van der Waals surface area contributed by atoms with Crippen molar-refractivity contribution in [2.75, 3.05) is 27.3 Å². The standard InChI is InChI=1S/C16H28N4O2.C2HF3O2/c1-12(2)19(4)14-6-7-20(16(21)11-22-5)15(14)8-13-9-17-18(3)10-13;3-2(4,5)1(6)7/h9-10,12,14-15H,6-8,11H2,1-5H3;(H,6,7)/t14-,15+;/m1./s1. The Morgan fingerprint density at radius 3 is 2.41 bits per heavy atom. The number of aromatic nitrogens is 2. The van der Waals surface area contributed by atoms with Crippen molar-refractivity contribution >= 4 is 11.9 Å². The molecule has 29 heavy (non-hydrogen) atoms. The summed E-state index contributed by atoms with van der Waals surface area (Å²) in [5.41, 5.74) is 1.17. The van der Waals surface area contributed by atoms with Crippen molar-refractivity contribution < 1.29 is 32.6 Å². The summed E-state index contributed by atoms with van der Waals surface area (Å²) in [6, 6.07) is 1.01. The second-order valence-electron chi connectivity index (χ2n) is 7.23. The van der Waals surface area contributed by atoms with E-state index in [4.69, 9.17) is 14.6 Å². The fourth-order valence-electron chi connectivity index (χ4n) is 3.28. The van der Waals surface area contributed by atoms with Crippen molar-refractivity contribution in [3.63, 3.8) is 0 Å². The fraction of sp³-hybridized carbons (Fsp3) is 0.722. The van der Waals surface area contributed by atoms with E-state index in [1.54, 1.807) is 7.11 Å². The van der Waals surface area contributed by atoms with E-state index in [1.807, 2.05) is 29.0 Å². The predicted molar refractivity (Wildman–Crippen MR) is 99.3 cm³/mol. The molecule has 0 aromatic carbocycles. The molecule has 1 aromatic heterocycles. The number of amides is 1. The third-order valence-electron chi connectivity index (χ3n) is 4.88. The summed E-state index contributed by atoms with van der Waals surface area (Å²) in [6.45, 7) is 5.35. The van der Waals surface area contributed by atoms with Gasteiger partial charge in [0.2, 0.25) is 5.91 Å². The number of carbonyl (C=O) groups excluding carboxylic acids is 1. The Morgan fingerprint density at radius 1 is 1.41 bits per heavy atom. The second kappa shape index (κ2) is 10.6. The van der Waals surface area contributed by atoms with Crippen LogP contribution in [0.2, 0.25) is 0 Å². The zero-order chi connectivity index (χ0) is 22.4. The van der Waals surface area contributed by atoms with E-state index in [9.17, 15) is 18.0 Å². The number of nitrogens with zero attached hydrogens (tertiary/aromatic N) is 4. The van der Waals surface area contributed by atoms with E-state index in [2.05, 4.69) is 30.9 Å². The maximum absolute atomic E-state index is 12.4. The number of methoxy groups -OCH3 is 1. The molecule has 2 atom stereocenters. The molecule has 1 saturated heterocycles. The van der Waals surface area contributed by atoms with Gasteiger partial charge in [0.15, 0.2) is 0 Å². The van der Waals surface area contributed by atoms with Crippen LogP contribution in [0.4, 0.5) is 13.2 Å². The van der Waals surface area contributed by atoms with Gasteiger partial charge in [-0.2, -0.15) is 18.3 Å². The lowest BCUT2D eigenvalue weighted by Gasteiger charge is -2.35. The molecule has 8 nitrogen and oxygen atoms in total. The molecule has 1 N–H and O–H groups in total. The first-order valence-corrected chi connectivity index (χ1v) is 9.16.